The van der Waals surface area contributed by atoms with Gasteiger partial charge in [0.05, 0.1) is 27.8 Å². The summed E-state index contributed by atoms with van der Waals surface area (Å²) >= 11 is 0. The second-order valence-electron chi connectivity index (χ2n) is 15.8. The third-order valence-electron chi connectivity index (χ3n) is 12.9. The second-order valence-corrected chi connectivity index (χ2v) is 15.8. The zero-order valence-electron chi connectivity index (χ0n) is 30.6. The Morgan fingerprint density at radius 1 is 0.519 bits per heavy atom. The molecule has 0 radical (unpaired) electrons. The molecule has 7 aromatic carbocycles. The topological polar surface area (TPSA) is 34.0 Å². The normalized spacial score (nSPS) is 19.5. The van der Waals surface area contributed by atoms with E-state index in [-0.39, 0.29) is 11.0 Å². The van der Waals surface area contributed by atoms with Crippen LogP contribution in [0.2, 0.25) is 0 Å². The summed E-state index contributed by atoms with van der Waals surface area (Å²) in [6.07, 6.45) is 4.91. The molecule has 3 heterocycles. The molecule has 2 atom stereocenters. The lowest BCUT2D eigenvalue weighted by Gasteiger charge is -2.50. The molecule has 0 amide bonds. The number of nitrogens with zero attached hydrogens (tertiary/aromatic N) is 4. The monoisotopic (exact) mass is 696 g/mol. The Balaban J connectivity index is 1.13. The zero-order chi connectivity index (χ0) is 36.0. The molecule has 0 N–H and O–H groups in total. The minimum Gasteiger partial charge on any atom is -0.334 e. The smallest absolute Gasteiger partial charge is 0.235 e. The SMILES string of the molecule is CC12CCCCC1(C)N(c1ccccc1)c1ccc(-c3ccc4c(c3)c3cc5ccccc5cc3n4-c3nc(-c4ccccc4)c4ccccc4n3)cc12. The molecule has 2 aliphatic rings. The standard InChI is InChI=1S/C50H40N4/c1-49-27-13-14-28-50(49,2)54(38-19-7-4-8-20-38)45-26-24-37(31-42(45)49)36-23-25-44-40(30-36)41-29-34-17-9-10-18-35(34)32-46(41)53(44)48-51-43-22-12-11-21-39(43)47(52-48)33-15-5-3-6-16-33/h3-12,15-26,29-32H,13-14,27-28H2,1-2H3. The third kappa shape index (κ3) is 4.43. The highest BCUT2D eigenvalue weighted by Gasteiger charge is 2.57. The van der Waals surface area contributed by atoms with Gasteiger partial charge >= 0.3 is 0 Å². The van der Waals surface area contributed by atoms with Crippen LogP contribution in [-0.2, 0) is 5.41 Å². The third-order valence-corrected chi connectivity index (χ3v) is 12.9. The molecule has 1 aliphatic heterocycles. The average Bonchev–Trinajstić information content (AvgIpc) is 3.64. The second kappa shape index (κ2) is 11.6. The maximum absolute atomic E-state index is 5.35. The highest BCUT2D eigenvalue weighted by molar-refractivity contribution is 6.14. The number of anilines is 2. The molecule has 2 unspecified atom stereocenters. The first-order valence-corrected chi connectivity index (χ1v) is 19.3. The Bertz CT molecular complexity index is 2930. The van der Waals surface area contributed by atoms with Gasteiger partial charge in [-0.25, -0.2) is 9.97 Å². The molecule has 54 heavy (non-hydrogen) atoms. The van der Waals surface area contributed by atoms with Crippen molar-refractivity contribution in [2.45, 2.75) is 50.5 Å². The van der Waals surface area contributed by atoms with Crippen molar-refractivity contribution in [3.05, 3.63) is 163 Å². The fourth-order valence-electron chi connectivity index (χ4n) is 9.98. The van der Waals surface area contributed by atoms with Crippen LogP contribution in [0.15, 0.2) is 158 Å². The van der Waals surface area contributed by atoms with Crippen LogP contribution in [0.4, 0.5) is 11.4 Å². The number of hydrogen-bond donors (Lipinski definition) is 0. The van der Waals surface area contributed by atoms with Gasteiger partial charge in [-0.15, -0.1) is 0 Å². The van der Waals surface area contributed by atoms with Crippen molar-refractivity contribution >= 4 is 54.9 Å². The highest BCUT2D eigenvalue weighted by atomic mass is 15.3. The molecule has 9 aromatic rings. The number of hydrogen-bond acceptors (Lipinski definition) is 3. The summed E-state index contributed by atoms with van der Waals surface area (Å²) in [5.41, 5.74) is 11.8. The van der Waals surface area contributed by atoms with Crippen LogP contribution < -0.4 is 4.90 Å². The Labute approximate surface area is 315 Å². The first-order valence-electron chi connectivity index (χ1n) is 19.3. The van der Waals surface area contributed by atoms with E-state index in [0.717, 1.165) is 33.2 Å². The van der Waals surface area contributed by atoms with Gasteiger partial charge in [-0.3, -0.25) is 4.57 Å². The van der Waals surface area contributed by atoms with Gasteiger partial charge in [0.1, 0.15) is 0 Å². The Kier molecular flexibility index (Phi) is 6.73. The van der Waals surface area contributed by atoms with Crippen LogP contribution in [0, 0.1) is 0 Å². The number of para-hydroxylation sites is 2. The fraction of sp³-hybridized carbons (Fsp3) is 0.160. The maximum atomic E-state index is 5.35. The van der Waals surface area contributed by atoms with Crippen molar-refractivity contribution in [1.29, 1.82) is 0 Å². The van der Waals surface area contributed by atoms with Crippen LogP contribution in [0.1, 0.15) is 45.1 Å². The summed E-state index contributed by atoms with van der Waals surface area (Å²) in [6, 6.07) is 57.4. The molecular formula is C50H40N4. The van der Waals surface area contributed by atoms with Crippen molar-refractivity contribution in [2.24, 2.45) is 0 Å². The Morgan fingerprint density at radius 3 is 2.02 bits per heavy atom. The summed E-state index contributed by atoms with van der Waals surface area (Å²) in [5, 5.41) is 5.87. The van der Waals surface area contributed by atoms with E-state index in [4.69, 9.17) is 9.97 Å². The van der Waals surface area contributed by atoms with Crippen molar-refractivity contribution in [3.63, 3.8) is 0 Å². The van der Waals surface area contributed by atoms with E-state index >= 15 is 0 Å². The molecule has 2 aromatic heterocycles. The summed E-state index contributed by atoms with van der Waals surface area (Å²) in [7, 11) is 0. The van der Waals surface area contributed by atoms with Crippen molar-refractivity contribution in [3.8, 4) is 28.3 Å². The first-order chi connectivity index (χ1) is 26.5. The molecule has 4 nitrogen and oxygen atoms in total. The van der Waals surface area contributed by atoms with E-state index in [1.165, 1.54) is 75.3 Å². The van der Waals surface area contributed by atoms with Crippen LogP contribution in [0.5, 0.6) is 0 Å². The first kappa shape index (κ1) is 31.3. The van der Waals surface area contributed by atoms with E-state index in [9.17, 15) is 0 Å². The summed E-state index contributed by atoms with van der Waals surface area (Å²) in [4.78, 5) is 13.2. The van der Waals surface area contributed by atoms with E-state index < -0.39 is 0 Å². The molecule has 4 heteroatoms. The Morgan fingerprint density at radius 2 is 1.19 bits per heavy atom. The van der Waals surface area contributed by atoms with E-state index in [1.807, 2.05) is 0 Å². The van der Waals surface area contributed by atoms with Gasteiger partial charge in [0.2, 0.25) is 5.95 Å². The number of rotatable bonds is 4. The van der Waals surface area contributed by atoms with Crippen molar-refractivity contribution in [2.75, 3.05) is 4.90 Å². The number of aromatic nitrogens is 3. The minimum absolute atomic E-state index is 0.0183. The van der Waals surface area contributed by atoms with Crippen LogP contribution in [0.25, 0.3) is 71.8 Å². The minimum atomic E-state index is 0.0183. The lowest BCUT2D eigenvalue weighted by atomic mass is 9.61. The van der Waals surface area contributed by atoms with E-state index in [0.29, 0.717) is 5.95 Å². The largest absolute Gasteiger partial charge is 0.334 e. The summed E-state index contributed by atoms with van der Waals surface area (Å²) < 4.78 is 2.27. The predicted octanol–water partition coefficient (Wildman–Crippen LogP) is 13.0. The molecule has 11 rings (SSSR count). The predicted molar refractivity (Wildman–Crippen MR) is 225 cm³/mol. The van der Waals surface area contributed by atoms with Crippen molar-refractivity contribution < 1.29 is 0 Å². The van der Waals surface area contributed by atoms with Gasteiger partial charge in [0.15, 0.2) is 0 Å². The average molecular weight is 697 g/mol. The van der Waals surface area contributed by atoms with Gasteiger partial charge < -0.3 is 4.90 Å². The zero-order valence-corrected chi connectivity index (χ0v) is 30.6. The summed E-state index contributed by atoms with van der Waals surface area (Å²) in [6.45, 7) is 5.02. The lowest BCUT2D eigenvalue weighted by molar-refractivity contribution is 0.195. The lowest BCUT2D eigenvalue weighted by Crippen LogP contribution is -2.54. The van der Waals surface area contributed by atoms with Crippen molar-refractivity contribution in [1.82, 2.24) is 14.5 Å². The van der Waals surface area contributed by atoms with E-state index in [1.54, 1.807) is 0 Å². The van der Waals surface area contributed by atoms with Crippen LogP contribution in [0.3, 0.4) is 0 Å². The molecule has 0 bridgehead atoms. The molecule has 1 aliphatic carbocycles. The quantitative estimate of drug-likeness (QED) is 0.184. The van der Waals surface area contributed by atoms with E-state index in [2.05, 4.69) is 181 Å². The van der Waals surface area contributed by atoms with Gasteiger partial charge in [0, 0.05) is 38.5 Å². The highest BCUT2D eigenvalue weighted by Crippen LogP contribution is 2.61. The fourth-order valence-corrected chi connectivity index (χ4v) is 9.98. The molecular weight excluding hydrogens is 657 g/mol. The van der Waals surface area contributed by atoms with Gasteiger partial charge in [-0.1, -0.05) is 123 Å². The molecule has 260 valence electrons. The van der Waals surface area contributed by atoms with Crippen LogP contribution >= 0.6 is 0 Å². The maximum Gasteiger partial charge on any atom is 0.235 e. The molecule has 1 saturated carbocycles. The molecule has 0 saturated heterocycles. The van der Waals surface area contributed by atoms with Gasteiger partial charge in [-0.05, 0) is 102 Å². The number of fused-ring (bicyclic) bond motifs is 8. The van der Waals surface area contributed by atoms with Gasteiger partial charge in [-0.2, -0.15) is 0 Å². The van der Waals surface area contributed by atoms with Crippen LogP contribution in [-0.4, -0.2) is 20.1 Å². The molecule has 0 spiro atoms. The van der Waals surface area contributed by atoms with Gasteiger partial charge in [0.25, 0.3) is 0 Å². The summed E-state index contributed by atoms with van der Waals surface area (Å²) in [5.74, 6) is 0.679. The Hall–Kier alpha value is -6.26. The number of benzene rings is 7. The molecule has 1 fully saturated rings.